The molecular formula is C23H26N2O3. The zero-order valence-corrected chi connectivity index (χ0v) is 16.6. The van der Waals surface area contributed by atoms with Crippen molar-refractivity contribution in [1.29, 1.82) is 0 Å². The molecule has 0 aromatic heterocycles. The second-order valence-electron chi connectivity index (χ2n) is 6.80. The Labute approximate surface area is 166 Å². The summed E-state index contributed by atoms with van der Waals surface area (Å²) in [5.74, 6) is -0.554. The molecule has 0 bridgehead atoms. The summed E-state index contributed by atoms with van der Waals surface area (Å²) in [6.45, 7) is 7.43. The SMILES string of the molecule is CCOCCCN1C(=O)C(Nc2cccc(C)c2C)=C(c2ccccc2)C1=O. The molecule has 0 saturated heterocycles. The number of nitrogens with one attached hydrogen (secondary N) is 1. The average Bonchev–Trinajstić information content (AvgIpc) is 2.93. The van der Waals surface area contributed by atoms with Crippen molar-refractivity contribution in [2.45, 2.75) is 27.2 Å². The molecule has 5 nitrogen and oxygen atoms in total. The highest BCUT2D eigenvalue weighted by Gasteiger charge is 2.38. The number of rotatable bonds is 8. The Balaban J connectivity index is 1.95. The second kappa shape index (κ2) is 8.85. The van der Waals surface area contributed by atoms with Gasteiger partial charge in [-0.2, -0.15) is 0 Å². The average molecular weight is 378 g/mol. The minimum Gasteiger partial charge on any atom is -0.382 e. The Morgan fingerprint density at radius 2 is 1.71 bits per heavy atom. The third kappa shape index (κ3) is 3.99. The zero-order chi connectivity index (χ0) is 20.1. The lowest BCUT2D eigenvalue weighted by Crippen LogP contribution is -2.34. The van der Waals surface area contributed by atoms with Crippen molar-refractivity contribution in [1.82, 2.24) is 4.90 Å². The molecule has 146 valence electrons. The van der Waals surface area contributed by atoms with Crippen molar-refractivity contribution in [2.75, 3.05) is 25.1 Å². The Morgan fingerprint density at radius 3 is 2.43 bits per heavy atom. The first-order valence-corrected chi connectivity index (χ1v) is 9.61. The smallest absolute Gasteiger partial charge is 0.278 e. The van der Waals surface area contributed by atoms with E-state index in [1.807, 2.05) is 69.3 Å². The van der Waals surface area contributed by atoms with Gasteiger partial charge in [0.15, 0.2) is 0 Å². The summed E-state index contributed by atoms with van der Waals surface area (Å²) in [7, 11) is 0. The van der Waals surface area contributed by atoms with Crippen molar-refractivity contribution >= 4 is 23.1 Å². The molecule has 1 N–H and O–H groups in total. The third-order valence-corrected chi connectivity index (χ3v) is 4.97. The molecule has 1 aliphatic rings. The molecule has 0 spiro atoms. The molecule has 2 aromatic carbocycles. The maximum atomic E-state index is 13.1. The molecule has 28 heavy (non-hydrogen) atoms. The van der Waals surface area contributed by atoms with Crippen LogP contribution in [0.2, 0.25) is 0 Å². The lowest BCUT2D eigenvalue weighted by molar-refractivity contribution is -0.137. The quantitative estimate of drug-likeness (QED) is 0.559. The van der Waals surface area contributed by atoms with Crippen LogP contribution in [0.1, 0.15) is 30.0 Å². The van der Waals surface area contributed by atoms with Crippen LogP contribution in [0.15, 0.2) is 54.2 Å². The number of ether oxygens (including phenoxy) is 1. The fourth-order valence-electron chi connectivity index (χ4n) is 3.26. The highest BCUT2D eigenvalue weighted by atomic mass is 16.5. The number of hydrogen-bond donors (Lipinski definition) is 1. The Kier molecular flexibility index (Phi) is 6.26. The predicted molar refractivity (Wildman–Crippen MR) is 111 cm³/mol. The minimum atomic E-state index is -0.291. The summed E-state index contributed by atoms with van der Waals surface area (Å²) in [4.78, 5) is 27.5. The van der Waals surface area contributed by atoms with Gasteiger partial charge in [-0.25, -0.2) is 0 Å². The fraction of sp³-hybridized carbons (Fsp3) is 0.304. The van der Waals surface area contributed by atoms with Gasteiger partial charge in [0.2, 0.25) is 0 Å². The van der Waals surface area contributed by atoms with Gasteiger partial charge < -0.3 is 10.1 Å². The van der Waals surface area contributed by atoms with Crippen LogP contribution < -0.4 is 5.32 Å². The molecule has 0 aliphatic carbocycles. The number of nitrogens with zero attached hydrogens (tertiary/aromatic N) is 1. The number of imide groups is 1. The van der Waals surface area contributed by atoms with Gasteiger partial charge in [-0.15, -0.1) is 0 Å². The van der Waals surface area contributed by atoms with Crippen LogP contribution in [-0.4, -0.2) is 36.5 Å². The molecule has 2 amide bonds. The fourth-order valence-corrected chi connectivity index (χ4v) is 3.26. The van der Waals surface area contributed by atoms with Gasteiger partial charge in [-0.1, -0.05) is 42.5 Å². The number of benzene rings is 2. The second-order valence-corrected chi connectivity index (χ2v) is 6.80. The van der Waals surface area contributed by atoms with E-state index in [-0.39, 0.29) is 11.8 Å². The lowest BCUT2D eigenvalue weighted by Gasteiger charge is -2.16. The summed E-state index contributed by atoms with van der Waals surface area (Å²) in [6, 6.07) is 15.2. The van der Waals surface area contributed by atoms with Crippen molar-refractivity contribution in [3.8, 4) is 0 Å². The molecule has 0 radical (unpaired) electrons. The minimum absolute atomic E-state index is 0.263. The predicted octanol–water partition coefficient (Wildman–Crippen LogP) is 3.92. The van der Waals surface area contributed by atoms with Gasteiger partial charge in [-0.3, -0.25) is 14.5 Å². The zero-order valence-electron chi connectivity index (χ0n) is 16.6. The van der Waals surface area contributed by atoms with E-state index in [0.717, 1.165) is 22.4 Å². The van der Waals surface area contributed by atoms with Crippen LogP contribution >= 0.6 is 0 Å². The van der Waals surface area contributed by atoms with Gasteiger partial charge in [0, 0.05) is 25.4 Å². The molecule has 2 aromatic rings. The van der Waals surface area contributed by atoms with Gasteiger partial charge in [0.05, 0.1) is 5.57 Å². The molecule has 0 unspecified atom stereocenters. The summed E-state index contributed by atoms with van der Waals surface area (Å²) in [6.07, 6.45) is 0.615. The van der Waals surface area contributed by atoms with Gasteiger partial charge in [0.1, 0.15) is 5.70 Å². The highest BCUT2D eigenvalue weighted by molar-refractivity contribution is 6.36. The van der Waals surface area contributed by atoms with E-state index in [4.69, 9.17) is 4.74 Å². The van der Waals surface area contributed by atoms with E-state index < -0.39 is 0 Å². The molecule has 1 heterocycles. The highest BCUT2D eigenvalue weighted by Crippen LogP contribution is 2.31. The normalized spacial score (nSPS) is 14.2. The first-order valence-electron chi connectivity index (χ1n) is 9.61. The first-order chi connectivity index (χ1) is 13.5. The van der Waals surface area contributed by atoms with E-state index in [0.29, 0.717) is 37.4 Å². The summed E-state index contributed by atoms with van der Waals surface area (Å²) >= 11 is 0. The number of amides is 2. The Bertz CT molecular complexity index is 903. The van der Waals surface area contributed by atoms with Crippen molar-refractivity contribution in [3.63, 3.8) is 0 Å². The number of anilines is 1. The van der Waals surface area contributed by atoms with Crippen molar-refractivity contribution < 1.29 is 14.3 Å². The van der Waals surface area contributed by atoms with E-state index in [2.05, 4.69) is 5.32 Å². The largest absolute Gasteiger partial charge is 0.382 e. The first kappa shape index (κ1) is 19.8. The summed E-state index contributed by atoms with van der Waals surface area (Å²) < 4.78 is 5.35. The van der Waals surface area contributed by atoms with Crippen LogP contribution in [0.25, 0.3) is 5.57 Å². The summed E-state index contributed by atoms with van der Waals surface area (Å²) in [5.41, 5.74) is 4.50. The molecule has 0 atom stereocenters. The van der Waals surface area contributed by atoms with Crippen molar-refractivity contribution in [3.05, 3.63) is 70.9 Å². The van der Waals surface area contributed by atoms with E-state index in [1.54, 1.807) is 0 Å². The number of carbonyl (C=O) groups is 2. The third-order valence-electron chi connectivity index (χ3n) is 4.97. The monoisotopic (exact) mass is 378 g/mol. The standard InChI is InChI=1S/C23H26N2O3/c1-4-28-15-9-14-25-22(26)20(18-11-6-5-7-12-18)21(23(25)27)24-19-13-8-10-16(2)17(19)3/h5-8,10-13,24H,4,9,14-15H2,1-3H3. The van der Waals surface area contributed by atoms with Crippen LogP contribution in [0.5, 0.6) is 0 Å². The van der Waals surface area contributed by atoms with Crippen LogP contribution in [0.3, 0.4) is 0 Å². The molecule has 0 fully saturated rings. The lowest BCUT2D eigenvalue weighted by atomic mass is 10.0. The van der Waals surface area contributed by atoms with Crippen molar-refractivity contribution in [2.24, 2.45) is 0 Å². The molecular weight excluding hydrogens is 352 g/mol. The Hall–Kier alpha value is -2.92. The van der Waals surface area contributed by atoms with Crippen LogP contribution in [0, 0.1) is 13.8 Å². The van der Waals surface area contributed by atoms with Crippen LogP contribution in [-0.2, 0) is 14.3 Å². The molecule has 0 saturated carbocycles. The number of aryl methyl sites for hydroxylation is 1. The van der Waals surface area contributed by atoms with E-state index in [9.17, 15) is 9.59 Å². The van der Waals surface area contributed by atoms with E-state index in [1.165, 1.54) is 4.90 Å². The molecule has 3 rings (SSSR count). The molecule has 5 heteroatoms. The Morgan fingerprint density at radius 1 is 0.964 bits per heavy atom. The molecule has 1 aliphatic heterocycles. The van der Waals surface area contributed by atoms with Gasteiger partial charge in [0.25, 0.3) is 11.8 Å². The van der Waals surface area contributed by atoms with Crippen LogP contribution in [0.4, 0.5) is 5.69 Å². The number of hydrogen-bond acceptors (Lipinski definition) is 4. The topological polar surface area (TPSA) is 58.6 Å². The maximum absolute atomic E-state index is 13.1. The van der Waals surface area contributed by atoms with Gasteiger partial charge >= 0.3 is 0 Å². The number of carbonyl (C=O) groups excluding carboxylic acids is 2. The maximum Gasteiger partial charge on any atom is 0.278 e. The van der Waals surface area contributed by atoms with Gasteiger partial charge in [-0.05, 0) is 49.9 Å². The van der Waals surface area contributed by atoms with E-state index >= 15 is 0 Å². The summed E-state index contributed by atoms with van der Waals surface area (Å²) in [5, 5.41) is 3.25.